The predicted octanol–water partition coefficient (Wildman–Crippen LogP) is 2.99. The summed E-state index contributed by atoms with van der Waals surface area (Å²) in [7, 11) is -2.49. The van der Waals surface area contributed by atoms with Crippen molar-refractivity contribution in [3.63, 3.8) is 0 Å². The zero-order valence-electron chi connectivity index (χ0n) is 17.8. The van der Waals surface area contributed by atoms with Gasteiger partial charge in [0.1, 0.15) is 17.5 Å². The quantitative estimate of drug-likeness (QED) is 0.624. The van der Waals surface area contributed by atoms with Gasteiger partial charge in [0, 0.05) is 31.6 Å². The monoisotopic (exact) mass is 470 g/mol. The van der Waals surface area contributed by atoms with E-state index in [2.05, 4.69) is 31.8 Å². The topological polar surface area (TPSA) is 121 Å². The Kier molecular flexibility index (Phi) is 6.21. The summed E-state index contributed by atoms with van der Waals surface area (Å²) in [6.45, 7) is 4.28. The van der Waals surface area contributed by atoms with Crippen molar-refractivity contribution in [3.8, 4) is 0 Å². The van der Waals surface area contributed by atoms with E-state index >= 15 is 0 Å². The third-order valence-corrected chi connectivity index (χ3v) is 7.86. The van der Waals surface area contributed by atoms with Crippen molar-refractivity contribution in [1.29, 1.82) is 0 Å². The van der Waals surface area contributed by atoms with Crippen LogP contribution < -0.4 is 4.72 Å². The molecule has 0 bridgehead atoms. The highest BCUT2D eigenvalue weighted by Crippen LogP contribution is 2.47. The van der Waals surface area contributed by atoms with E-state index in [0.29, 0.717) is 17.5 Å². The van der Waals surface area contributed by atoms with E-state index < -0.39 is 21.4 Å². The molecule has 1 N–H and O–H groups in total. The molecule has 1 saturated heterocycles. The summed E-state index contributed by atoms with van der Waals surface area (Å²) in [4.78, 5) is 8.23. The second kappa shape index (κ2) is 8.61. The summed E-state index contributed by atoms with van der Waals surface area (Å²) in [5, 5.41) is 7.86. The van der Waals surface area contributed by atoms with Gasteiger partial charge < -0.3 is 9.47 Å². The lowest BCUT2D eigenvalue weighted by atomic mass is 10.1. The predicted molar refractivity (Wildman–Crippen MR) is 114 cm³/mol. The number of aromatic nitrogens is 5. The van der Waals surface area contributed by atoms with Crippen molar-refractivity contribution < 1.29 is 17.9 Å². The first kappa shape index (κ1) is 22.4. The van der Waals surface area contributed by atoms with Gasteiger partial charge in [-0.25, -0.2) is 18.4 Å². The molecule has 3 heterocycles. The molecule has 31 heavy (non-hydrogen) atoms. The molecule has 2 aromatic rings. The molecule has 4 rings (SSSR count). The molecule has 10 nitrogen and oxygen atoms in total. The fourth-order valence-corrected chi connectivity index (χ4v) is 5.04. The molecule has 0 spiro atoms. The number of methoxy groups -OCH3 is 1. The van der Waals surface area contributed by atoms with Gasteiger partial charge in [-0.15, -0.1) is 10.2 Å². The average molecular weight is 471 g/mol. The van der Waals surface area contributed by atoms with Crippen LogP contribution in [0.2, 0.25) is 5.02 Å². The molecule has 0 radical (unpaired) electrons. The summed E-state index contributed by atoms with van der Waals surface area (Å²) in [5.41, 5.74) is -0.222. The maximum Gasteiger partial charge on any atom is 0.240 e. The minimum atomic E-state index is -3.91. The van der Waals surface area contributed by atoms with Crippen LogP contribution in [0.3, 0.4) is 0 Å². The maximum atomic E-state index is 13.2. The maximum absolute atomic E-state index is 13.2. The lowest BCUT2D eigenvalue weighted by molar-refractivity contribution is 0.00617. The number of ether oxygens (including phenoxy) is 2. The molecular formula is C19H27ClN6O4S. The number of nitrogens with one attached hydrogen (secondary N) is 1. The van der Waals surface area contributed by atoms with Gasteiger partial charge in [0.25, 0.3) is 0 Å². The van der Waals surface area contributed by atoms with Crippen LogP contribution in [0.1, 0.15) is 69.8 Å². The van der Waals surface area contributed by atoms with Crippen LogP contribution >= 0.6 is 11.6 Å². The first-order valence-corrected chi connectivity index (χ1v) is 12.3. The van der Waals surface area contributed by atoms with E-state index in [0.717, 1.165) is 32.1 Å². The number of rotatable bonds is 8. The normalized spacial score (nSPS) is 22.6. The third-order valence-electron chi connectivity index (χ3n) is 5.97. The highest BCUT2D eigenvalue weighted by Gasteiger charge is 2.45. The minimum absolute atomic E-state index is 0.177. The molecule has 0 amide bonds. The van der Waals surface area contributed by atoms with Gasteiger partial charge >= 0.3 is 0 Å². The van der Waals surface area contributed by atoms with Gasteiger partial charge in [-0.05, 0) is 46.0 Å². The molecule has 1 aliphatic carbocycles. The Bertz CT molecular complexity index is 1020. The van der Waals surface area contributed by atoms with Crippen LogP contribution in [-0.2, 0) is 25.0 Å². The number of hydrogen-bond acceptors (Lipinski definition) is 8. The molecule has 1 saturated carbocycles. The minimum Gasteiger partial charge on any atom is -0.372 e. The van der Waals surface area contributed by atoms with Crippen molar-refractivity contribution in [3.05, 3.63) is 29.1 Å². The second-order valence-electron chi connectivity index (χ2n) is 8.34. The molecule has 3 atom stereocenters. The SMILES string of the molecule is COC(c1ncc(Cl)cn1)C(C)S(=O)(=O)Nc1nnc([C@@H]2CCCCO2)n1C1(C)CC1. The van der Waals surface area contributed by atoms with Crippen LogP contribution in [0.5, 0.6) is 0 Å². The summed E-state index contributed by atoms with van der Waals surface area (Å²) in [6, 6.07) is 0. The molecule has 0 aromatic carbocycles. The van der Waals surface area contributed by atoms with Crippen LogP contribution in [0.15, 0.2) is 12.4 Å². The fraction of sp³-hybridized carbons (Fsp3) is 0.684. The number of sulfonamides is 1. The van der Waals surface area contributed by atoms with Gasteiger partial charge in [-0.2, -0.15) is 0 Å². The van der Waals surface area contributed by atoms with Crippen LogP contribution in [0.25, 0.3) is 0 Å². The highest BCUT2D eigenvalue weighted by molar-refractivity contribution is 7.93. The van der Waals surface area contributed by atoms with Gasteiger partial charge in [-0.1, -0.05) is 11.6 Å². The molecule has 12 heteroatoms. The largest absolute Gasteiger partial charge is 0.372 e. The van der Waals surface area contributed by atoms with Crippen LogP contribution in [0.4, 0.5) is 5.95 Å². The average Bonchev–Trinajstić information content (AvgIpc) is 3.36. The Morgan fingerprint density at radius 3 is 2.58 bits per heavy atom. The summed E-state index contributed by atoms with van der Waals surface area (Å²) < 4.78 is 42.3. The third kappa shape index (κ3) is 4.55. The summed E-state index contributed by atoms with van der Waals surface area (Å²) in [5.74, 6) is 1.11. The van der Waals surface area contributed by atoms with E-state index in [9.17, 15) is 8.42 Å². The molecule has 1 aliphatic heterocycles. The number of nitrogens with zero attached hydrogens (tertiary/aromatic N) is 5. The Morgan fingerprint density at radius 1 is 1.29 bits per heavy atom. The fourth-order valence-electron chi connectivity index (χ4n) is 3.81. The summed E-state index contributed by atoms with van der Waals surface area (Å²) >= 11 is 5.84. The van der Waals surface area contributed by atoms with Crippen molar-refractivity contribution in [2.75, 3.05) is 18.4 Å². The number of halogens is 1. The zero-order chi connectivity index (χ0) is 22.2. The summed E-state index contributed by atoms with van der Waals surface area (Å²) in [6.07, 6.45) is 6.51. The van der Waals surface area contributed by atoms with Gasteiger partial charge in [0.2, 0.25) is 16.0 Å². The van der Waals surface area contributed by atoms with Crippen molar-refractivity contribution in [1.82, 2.24) is 24.7 Å². The van der Waals surface area contributed by atoms with Gasteiger partial charge in [0.15, 0.2) is 11.6 Å². The molecule has 170 valence electrons. The van der Waals surface area contributed by atoms with Crippen molar-refractivity contribution >= 4 is 27.6 Å². The number of hydrogen-bond donors (Lipinski definition) is 1. The van der Waals surface area contributed by atoms with E-state index in [1.165, 1.54) is 19.5 Å². The smallest absolute Gasteiger partial charge is 0.240 e. The Morgan fingerprint density at radius 2 is 2.00 bits per heavy atom. The molecule has 2 unspecified atom stereocenters. The lowest BCUT2D eigenvalue weighted by Gasteiger charge is -2.26. The van der Waals surface area contributed by atoms with Crippen LogP contribution in [-0.4, -0.2) is 52.1 Å². The van der Waals surface area contributed by atoms with E-state index in [4.69, 9.17) is 21.1 Å². The Hall–Kier alpha value is -1.82. The second-order valence-corrected chi connectivity index (χ2v) is 10.8. The van der Waals surface area contributed by atoms with Crippen molar-refractivity contribution in [2.45, 2.75) is 68.9 Å². The first-order chi connectivity index (χ1) is 14.7. The van der Waals surface area contributed by atoms with Crippen LogP contribution in [0, 0.1) is 0 Å². The molecule has 2 aliphatic rings. The van der Waals surface area contributed by atoms with Crippen molar-refractivity contribution in [2.24, 2.45) is 0 Å². The Labute approximate surface area is 186 Å². The first-order valence-electron chi connectivity index (χ1n) is 10.3. The highest BCUT2D eigenvalue weighted by atomic mass is 35.5. The van der Waals surface area contributed by atoms with E-state index in [-0.39, 0.29) is 23.4 Å². The number of anilines is 1. The molecule has 2 fully saturated rings. The Balaban J connectivity index is 1.61. The van der Waals surface area contributed by atoms with Gasteiger partial charge in [0.05, 0.1) is 5.02 Å². The molecular weight excluding hydrogens is 444 g/mol. The van der Waals surface area contributed by atoms with E-state index in [1.54, 1.807) is 6.92 Å². The zero-order valence-corrected chi connectivity index (χ0v) is 19.4. The van der Waals surface area contributed by atoms with Gasteiger partial charge in [-0.3, -0.25) is 9.29 Å². The standard InChI is InChI=1S/C19H27ClN6O4S/c1-12(15(29-3)16-21-10-13(20)11-22-16)31(27,28)25-18-24-23-17(14-6-4-5-9-30-14)26(18)19(2)7-8-19/h10-12,14-15H,4-9H2,1-3H3,(H,24,25)/t12?,14-,15?/m0/s1. The lowest BCUT2D eigenvalue weighted by Crippen LogP contribution is -2.34. The molecule has 2 aromatic heterocycles. The van der Waals surface area contributed by atoms with E-state index in [1.807, 2.05) is 4.57 Å².